The van der Waals surface area contributed by atoms with Crippen molar-refractivity contribution >= 4 is 11.8 Å². The number of thioether (sulfide) groups is 1. The smallest absolute Gasteiger partial charge is 0.191 e. The maximum Gasteiger partial charge on any atom is 0.191 e. The molecule has 1 rings (SSSR count). The lowest BCUT2D eigenvalue weighted by atomic mass is 10.3. The molecule has 80 valence electrons. The zero-order valence-electron chi connectivity index (χ0n) is 9.03. The summed E-state index contributed by atoms with van der Waals surface area (Å²) in [7, 11) is 1.97. The van der Waals surface area contributed by atoms with Gasteiger partial charge in [0.1, 0.15) is 5.82 Å². The summed E-state index contributed by atoms with van der Waals surface area (Å²) < 4.78 is 1.98. The van der Waals surface area contributed by atoms with E-state index in [0.29, 0.717) is 11.8 Å². The summed E-state index contributed by atoms with van der Waals surface area (Å²) in [6, 6.07) is 0. The van der Waals surface area contributed by atoms with Crippen LogP contribution in [0.5, 0.6) is 0 Å². The summed E-state index contributed by atoms with van der Waals surface area (Å²) in [4.78, 5) is 0. The average Bonchev–Trinajstić information content (AvgIpc) is 2.56. The normalized spacial score (nSPS) is 11.2. The van der Waals surface area contributed by atoms with Crippen molar-refractivity contribution in [2.24, 2.45) is 12.8 Å². The highest BCUT2D eigenvalue weighted by Gasteiger charge is 2.12. The monoisotopic (exact) mass is 214 g/mol. The zero-order chi connectivity index (χ0) is 10.6. The van der Waals surface area contributed by atoms with E-state index in [1.807, 2.05) is 11.6 Å². The number of rotatable bonds is 5. The predicted molar refractivity (Wildman–Crippen MR) is 59.1 cm³/mol. The number of hydrogen-bond donors (Lipinski definition) is 1. The Morgan fingerprint density at radius 1 is 1.36 bits per heavy atom. The largest absolute Gasteiger partial charge is 0.324 e. The Hall–Kier alpha value is -0.550. The molecule has 4 nitrogen and oxygen atoms in total. The van der Waals surface area contributed by atoms with Gasteiger partial charge in [0.2, 0.25) is 0 Å². The highest BCUT2D eigenvalue weighted by Crippen LogP contribution is 2.25. The summed E-state index contributed by atoms with van der Waals surface area (Å²) in [6.07, 6.45) is 2.32. The molecule has 0 aromatic carbocycles. The van der Waals surface area contributed by atoms with Crippen LogP contribution < -0.4 is 5.73 Å². The minimum absolute atomic E-state index is 0.451. The molecule has 2 N–H and O–H groups in total. The maximum atomic E-state index is 5.53. The Morgan fingerprint density at radius 3 is 2.43 bits per heavy atom. The molecule has 0 saturated carbocycles. The van der Waals surface area contributed by atoms with Crippen molar-refractivity contribution in [3.8, 4) is 0 Å². The van der Waals surface area contributed by atoms with Gasteiger partial charge < -0.3 is 10.3 Å². The second kappa shape index (κ2) is 5.36. The van der Waals surface area contributed by atoms with Gasteiger partial charge in [-0.05, 0) is 12.8 Å². The Kier molecular flexibility index (Phi) is 4.41. The Morgan fingerprint density at radius 2 is 2.00 bits per heavy atom. The standard InChI is InChI=1S/C9H18N4S/c1-4-7(5-2)14-9-12-11-8(6-10)13(9)3/h7H,4-6,10H2,1-3H3. The molecule has 0 aliphatic rings. The summed E-state index contributed by atoms with van der Waals surface area (Å²) in [5.74, 6) is 0.846. The highest BCUT2D eigenvalue weighted by atomic mass is 32.2. The van der Waals surface area contributed by atoms with Crippen molar-refractivity contribution in [1.82, 2.24) is 14.8 Å². The lowest BCUT2D eigenvalue weighted by Crippen LogP contribution is -2.06. The van der Waals surface area contributed by atoms with Crippen molar-refractivity contribution in [3.63, 3.8) is 0 Å². The van der Waals surface area contributed by atoms with Gasteiger partial charge in [-0.25, -0.2) is 0 Å². The third-order valence-corrected chi connectivity index (χ3v) is 3.86. The number of nitrogens with zero attached hydrogens (tertiary/aromatic N) is 3. The molecule has 0 fully saturated rings. The first-order valence-corrected chi connectivity index (χ1v) is 5.85. The molecule has 0 atom stereocenters. The molecule has 0 bridgehead atoms. The zero-order valence-corrected chi connectivity index (χ0v) is 9.84. The van der Waals surface area contributed by atoms with Crippen LogP contribution in [0.4, 0.5) is 0 Å². The fraction of sp³-hybridized carbons (Fsp3) is 0.778. The van der Waals surface area contributed by atoms with Crippen LogP contribution in [0, 0.1) is 0 Å². The second-order valence-corrected chi connectivity index (χ2v) is 4.49. The first-order chi connectivity index (χ1) is 6.72. The van der Waals surface area contributed by atoms with Crippen molar-refractivity contribution in [1.29, 1.82) is 0 Å². The van der Waals surface area contributed by atoms with E-state index >= 15 is 0 Å². The molecule has 1 aromatic rings. The molecular formula is C9H18N4S. The molecule has 0 aliphatic carbocycles. The quantitative estimate of drug-likeness (QED) is 0.756. The van der Waals surface area contributed by atoms with E-state index < -0.39 is 0 Å². The summed E-state index contributed by atoms with van der Waals surface area (Å²) in [5, 5.41) is 9.74. The van der Waals surface area contributed by atoms with Gasteiger partial charge in [-0.2, -0.15) is 0 Å². The van der Waals surface area contributed by atoms with Gasteiger partial charge in [-0.1, -0.05) is 25.6 Å². The first kappa shape index (κ1) is 11.5. The van der Waals surface area contributed by atoms with E-state index in [-0.39, 0.29) is 0 Å². The number of nitrogens with two attached hydrogens (primary N) is 1. The molecule has 5 heteroatoms. The summed E-state index contributed by atoms with van der Waals surface area (Å²) >= 11 is 1.79. The molecule has 0 radical (unpaired) electrons. The molecule has 0 saturated heterocycles. The third kappa shape index (κ3) is 2.48. The van der Waals surface area contributed by atoms with Crippen LogP contribution >= 0.6 is 11.8 Å². The molecule has 1 heterocycles. The van der Waals surface area contributed by atoms with Gasteiger partial charge in [0.25, 0.3) is 0 Å². The third-order valence-electron chi connectivity index (χ3n) is 2.29. The van der Waals surface area contributed by atoms with Gasteiger partial charge in [0.05, 0.1) is 6.54 Å². The van der Waals surface area contributed by atoms with Crippen LogP contribution in [0.25, 0.3) is 0 Å². The van der Waals surface area contributed by atoms with Gasteiger partial charge in [-0.3, -0.25) is 0 Å². The van der Waals surface area contributed by atoms with Crippen LogP contribution in [0.15, 0.2) is 5.16 Å². The van der Waals surface area contributed by atoms with E-state index in [1.54, 1.807) is 11.8 Å². The Labute approximate surface area is 89.3 Å². The van der Waals surface area contributed by atoms with E-state index in [4.69, 9.17) is 5.73 Å². The fourth-order valence-electron chi connectivity index (χ4n) is 1.23. The van der Waals surface area contributed by atoms with Gasteiger partial charge in [0, 0.05) is 12.3 Å². The lowest BCUT2D eigenvalue weighted by Gasteiger charge is -2.10. The van der Waals surface area contributed by atoms with E-state index in [2.05, 4.69) is 24.0 Å². The number of hydrogen-bond acceptors (Lipinski definition) is 4. The SMILES string of the molecule is CCC(CC)Sc1nnc(CN)n1C. The van der Waals surface area contributed by atoms with Crippen molar-refractivity contribution in [2.45, 2.75) is 43.6 Å². The number of aromatic nitrogens is 3. The maximum absolute atomic E-state index is 5.53. The predicted octanol–water partition coefficient (Wildman–Crippen LogP) is 1.55. The van der Waals surface area contributed by atoms with Crippen LogP contribution in [-0.4, -0.2) is 20.0 Å². The van der Waals surface area contributed by atoms with Gasteiger partial charge in [0.15, 0.2) is 5.16 Å². The van der Waals surface area contributed by atoms with E-state index in [0.717, 1.165) is 23.8 Å². The first-order valence-electron chi connectivity index (χ1n) is 4.97. The van der Waals surface area contributed by atoms with Crippen molar-refractivity contribution in [3.05, 3.63) is 5.82 Å². The molecular weight excluding hydrogens is 196 g/mol. The van der Waals surface area contributed by atoms with E-state index in [1.165, 1.54) is 0 Å². The van der Waals surface area contributed by atoms with Crippen LogP contribution in [-0.2, 0) is 13.6 Å². The second-order valence-electron chi connectivity index (χ2n) is 3.22. The average molecular weight is 214 g/mol. The highest BCUT2D eigenvalue weighted by molar-refractivity contribution is 7.99. The van der Waals surface area contributed by atoms with Crippen LogP contribution in [0.2, 0.25) is 0 Å². The molecule has 0 amide bonds. The van der Waals surface area contributed by atoms with Gasteiger partial charge in [-0.15, -0.1) is 10.2 Å². The lowest BCUT2D eigenvalue weighted by molar-refractivity contribution is 0.723. The van der Waals surface area contributed by atoms with Crippen molar-refractivity contribution in [2.75, 3.05) is 0 Å². The van der Waals surface area contributed by atoms with Crippen LogP contribution in [0.1, 0.15) is 32.5 Å². The molecule has 14 heavy (non-hydrogen) atoms. The molecule has 0 unspecified atom stereocenters. The summed E-state index contributed by atoms with van der Waals surface area (Å²) in [5.41, 5.74) is 5.53. The minimum atomic E-state index is 0.451. The van der Waals surface area contributed by atoms with Crippen molar-refractivity contribution < 1.29 is 0 Å². The molecule has 1 aromatic heterocycles. The molecule has 0 spiro atoms. The van der Waals surface area contributed by atoms with Crippen LogP contribution in [0.3, 0.4) is 0 Å². The minimum Gasteiger partial charge on any atom is -0.324 e. The van der Waals surface area contributed by atoms with Gasteiger partial charge >= 0.3 is 0 Å². The van der Waals surface area contributed by atoms with E-state index in [9.17, 15) is 0 Å². The molecule has 0 aliphatic heterocycles. The Balaban J connectivity index is 2.71. The fourth-order valence-corrected chi connectivity index (χ4v) is 2.21. The summed E-state index contributed by atoms with van der Waals surface area (Å²) in [6.45, 7) is 4.84. The Bertz CT molecular complexity index is 280. The topological polar surface area (TPSA) is 56.7 Å².